The molecule has 2 fully saturated rings. The molecule has 0 aromatic carbocycles. The smallest absolute Gasteiger partial charge is 0.178 e. The van der Waals surface area contributed by atoms with Crippen molar-refractivity contribution < 1.29 is 9.53 Å². The maximum atomic E-state index is 12.3. The molecule has 1 heterocycles. The van der Waals surface area contributed by atoms with Gasteiger partial charge in [-0.3, -0.25) is 4.79 Å². The fraction of sp³-hybridized carbons (Fsp3) is 0.688. The lowest BCUT2D eigenvalue weighted by Gasteiger charge is -2.20. The summed E-state index contributed by atoms with van der Waals surface area (Å²) in [5.74, 6) is 1.69. The number of nitrogens with two attached hydrogens (primary N) is 1. The van der Waals surface area contributed by atoms with E-state index in [9.17, 15) is 4.79 Å². The van der Waals surface area contributed by atoms with Gasteiger partial charge in [0.1, 0.15) is 5.00 Å². The fourth-order valence-corrected chi connectivity index (χ4v) is 3.94. The minimum atomic E-state index is 0.189. The molecule has 0 unspecified atom stereocenters. The minimum Gasteiger partial charge on any atom is -0.492 e. The number of thiophene rings is 1. The van der Waals surface area contributed by atoms with Crippen LogP contribution in [0.25, 0.3) is 0 Å². The van der Waals surface area contributed by atoms with Gasteiger partial charge in [-0.05, 0) is 37.0 Å². The average Bonchev–Trinajstić information content (AvgIpc) is 3.34. The Labute approximate surface area is 130 Å². The Hall–Kier alpha value is -1.23. The molecular formula is C16H24N2O2S. The largest absolute Gasteiger partial charge is 0.492 e. The number of nitrogens with one attached hydrogen (secondary N) is 1. The first kappa shape index (κ1) is 14.7. The quantitative estimate of drug-likeness (QED) is 0.752. The Kier molecular flexibility index (Phi) is 3.64. The van der Waals surface area contributed by atoms with Crippen LogP contribution in [0.1, 0.15) is 49.2 Å². The van der Waals surface area contributed by atoms with Crippen molar-refractivity contribution in [2.24, 2.45) is 17.3 Å². The molecule has 0 atom stereocenters. The van der Waals surface area contributed by atoms with Crippen LogP contribution in [0.3, 0.4) is 0 Å². The van der Waals surface area contributed by atoms with Crippen LogP contribution in [0, 0.1) is 17.3 Å². The molecule has 0 saturated heterocycles. The Morgan fingerprint density at radius 1 is 1.48 bits per heavy atom. The Bertz CT molecular complexity index is 557. The lowest BCUT2D eigenvalue weighted by Crippen LogP contribution is -2.20. The predicted molar refractivity (Wildman–Crippen MR) is 87.3 cm³/mol. The second kappa shape index (κ2) is 5.20. The van der Waals surface area contributed by atoms with Gasteiger partial charge in [0.05, 0.1) is 17.7 Å². The Morgan fingerprint density at radius 2 is 2.14 bits per heavy atom. The highest BCUT2D eigenvalue weighted by atomic mass is 32.1. The molecule has 1 aromatic heterocycles. The lowest BCUT2D eigenvalue weighted by atomic mass is 9.92. The van der Waals surface area contributed by atoms with Gasteiger partial charge in [0.2, 0.25) is 0 Å². The zero-order valence-corrected chi connectivity index (χ0v) is 13.8. The van der Waals surface area contributed by atoms with Crippen LogP contribution in [0.15, 0.2) is 0 Å². The van der Waals surface area contributed by atoms with Crippen molar-refractivity contribution in [2.75, 3.05) is 24.7 Å². The molecule has 0 spiro atoms. The summed E-state index contributed by atoms with van der Waals surface area (Å²) >= 11 is 1.46. The van der Waals surface area contributed by atoms with Gasteiger partial charge in [-0.2, -0.15) is 0 Å². The summed E-state index contributed by atoms with van der Waals surface area (Å²) in [6, 6.07) is 0. The van der Waals surface area contributed by atoms with Gasteiger partial charge < -0.3 is 15.8 Å². The standard InChI is InChI=1S/C16H24N2O2S/c1-9(2)16(6-7-16)8-18-15-13(20-3)11(17)14(21-15)12(19)10-4-5-10/h9-10,18H,4-8,17H2,1-3H3. The number of Topliss-reactive ketones (excluding diaryl/α,β-unsaturated/α-hetero) is 1. The maximum absolute atomic E-state index is 12.3. The van der Waals surface area contributed by atoms with Crippen molar-refractivity contribution in [2.45, 2.75) is 39.5 Å². The van der Waals surface area contributed by atoms with E-state index in [1.807, 2.05) is 0 Å². The first-order valence-electron chi connectivity index (χ1n) is 7.73. The summed E-state index contributed by atoms with van der Waals surface area (Å²) in [4.78, 5) is 13.0. The molecule has 2 aliphatic carbocycles. The molecule has 1 aromatic rings. The van der Waals surface area contributed by atoms with Gasteiger partial charge in [-0.25, -0.2) is 0 Å². The number of hydrogen-bond acceptors (Lipinski definition) is 5. The second-order valence-corrected chi connectivity index (χ2v) is 7.74. The van der Waals surface area contributed by atoms with Crippen LogP contribution in [0.5, 0.6) is 5.75 Å². The number of methoxy groups -OCH3 is 1. The van der Waals surface area contributed by atoms with Gasteiger partial charge in [0, 0.05) is 12.5 Å². The van der Waals surface area contributed by atoms with Crippen molar-refractivity contribution in [3.05, 3.63) is 4.88 Å². The normalized spacial score (nSPS) is 19.6. The van der Waals surface area contributed by atoms with Crippen molar-refractivity contribution in [3.8, 4) is 5.75 Å². The Balaban J connectivity index is 1.78. The Morgan fingerprint density at radius 3 is 2.62 bits per heavy atom. The van der Waals surface area contributed by atoms with E-state index >= 15 is 0 Å². The van der Waals surface area contributed by atoms with Gasteiger partial charge in [-0.15, -0.1) is 11.3 Å². The molecule has 2 aliphatic rings. The molecule has 3 N–H and O–H groups in total. The van der Waals surface area contributed by atoms with Crippen LogP contribution in [-0.2, 0) is 0 Å². The third-order valence-corrected chi connectivity index (χ3v) is 6.15. The highest BCUT2D eigenvalue weighted by Crippen LogP contribution is 2.53. The number of ketones is 1. The van der Waals surface area contributed by atoms with Crippen LogP contribution >= 0.6 is 11.3 Å². The van der Waals surface area contributed by atoms with E-state index < -0.39 is 0 Å². The number of rotatable bonds is 7. The summed E-state index contributed by atoms with van der Waals surface area (Å²) in [5, 5.41) is 4.39. The molecule has 0 amide bonds. The molecule has 0 bridgehead atoms. The molecule has 0 aliphatic heterocycles. The van der Waals surface area contributed by atoms with Gasteiger partial charge in [0.25, 0.3) is 0 Å². The number of carbonyl (C=O) groups is 1. The van der Waals surface area contributed by atoms with Gasteiger partial charge >= 0.3 is 0 Å². The van der Waals surface area contributed by atoms with Crippen LogP contribution < -0.4 is 15.8 Å². The summed E-state index contributed by atoms with van der Waals surface area (Å²) in [6.07, 6.45) is 4.54. The van der Waals surface area contributed by atoms with E-state index in [0.717, 1.165) is 24.4 Å². The molecule has 0 radical (unpaired) electrons. The maximum Gasteiger partial charge on any atom is 0.178 e. The van der Waals surface area contributed by atoms with E-state index in [2.05, 4.69) is 19.2 Å². The summed E-state index contributed by atoms with van der Waals surface area (Å²) in [7, 11) is 1.62. The topological polar surface area (TPSA) is 64.3 Å². The molecular weight excluding hydrogens is 284 g/mol. The van der Waals surface area contributed by atoms with E-state index in [-0.39, 0.29) is 11.7 Å². The zero-order chi connectivity index (χ0) is 15.2. The highest BCUT2D eigenvalue weighted by molar-refractivity contribution is 7.19. The fourth-order valence-electron chi connectivity index (χ4n) is 2.84. The average molecular weight is 308 g/mol. The van der Waals surface area contributed by atoms with Crippen LogP contribution in [0.2, 0.25) is 0 Å². The summed E-state index contributed by atoms with van der Waals surface area (Å²) in [6.45, 7) is 5.48. The number of carbonyl (C=O) groups excluding carboxylic acids is 1. The number of hydrogen-bond donors (Lipinski definition) is 2. The third kappa shape index (κ3) is 2.63. The molecule has 21 heavy (non-hydrogen) atoms. The van der Waals surface area contributed by atoms with Crippen molar-refractivity contribution in [1.82, 2.24) is 0 Å². The third-order valence-electron chi connectivity index (χ3n) is 4.99. The van der Waals surface area contributed by atoms with Crippen molar-refractivity contribution >= 4 is 27.8 Å². The number of ether oxygens (including phenoxy) is 1. The summed E-state index contributed by atoms with van der Waals surface area (Å²) in [5.41, 5.74) is 7.04. The van der Waals surface area contributed by atoms with E-state index in [0.29, 0.717) is 27.6 Å². The minimum absolute atomic E-state index is 0.189. The number of nitrogen functional groups attached to an aromatic ring is 1. The first-order valence-corrected chi connectivity index (χ1v) is 8.54. The molecule has 2 saturated carbocycles. The van der Waals surface area contributed by atoms with Crippen LogP contribution in [-0.4, -0.2) is 19.4 Å². The molecule has 3 rings (SSSR count). The van der Waals surface area contributed by atoms with Gasteiger partial charge in [0.15, 0.2) is 11.5 Å². The second-order valence-electron chi connectivity index (χ2n) is 6.72. The first-order chi connectivity index (χ1) is 9.98. The molecule has 5 heteroatoms. The van der Waals surface area contributed by atoms with Crippen LogP contribution in [0.4, 0.5) is 10.7 Å². The molecule has 116 valence electrons. The molecule has 4 nitrogen and oxygen atoms in total. The van der Waals surface area contributed by atoms with E-state index in [1.165, 1.54) is 24.2 Å². The predicted octanol–water partition coefficient (Wildman–Crippen LogP) is 3.78. The number of anilines is 2. The monoisotopic (exact) mass is 308 g/mol. The highest BCUT2D eigenvalue weighted by Gasteiger charge is 2.45. The van der Waals surface area contributed by atoms with Gasteiger partial charge in [-0.1, -0.05) is 13.8 Å². The lowest BCUT2D eigenvalue weighted by molar-refractivity contribution is 0.0972. The van der Waals surface area contributed by atoms with E-state index in [4.69, 9.17) is 10.5 Å². The van der Waals surface area contributed by atoms with E-state index in [1.54, 1.807) is 7.11 Å². The van der Waals surface area contributed by atoms with Crippen molar-refractivity contribution in [1.29, 1.82) is 0 Å². The zero-order valence-electron chi connectivity index (χ0n) is 13.0. The van der Waals surface area contributed by atoms with Crippen molar-refractivity contribution in [3.63, 3.8) is 0 Å². The summed E-state index contributed by atoms with van der Waals surface area (Å²) < 4.78 is 5.42. The SMILES string of the molecule is COc1c(NCC2(C(C)C)CC2)sc(C(=O)C2CC2)c1N.